The summed E-state index contributed by atoms with van der Waals surface area (Å²) < 4.78 is 11.1. The van der Waals surface area contributed by atoms with E-state index < -0.39 is 11.9 Å². The minimum absolute atomic E-state index is 0.0876. The van der Waals surface area contributed by atoms with Crippen LogP contribution in [0, 0.1) is 56.3 Å². The number of H-pyrrole nitrogens is 3. The molecule has 1 aliphatic carbocycles. The molecular weight excluding hydrogens is 797 g/mol. The highest BCUT2D eigenvalue weighted by molar-refractivity contribution is 6.24. The number of ketones is 1. The molecule has 0 radical (unpaired) electrons. The molecule has 0 saturated carbocycles. The van der Waals surface area contributed by atoms with Crippen LogP contribution in [0.1, 0.15) is 180 Å². The van der Waals surface area contributed by atoms with E-state index in [4.69, 9.17) is 9.47 Å². The Morgan fingerprint density at radius 3 is 2.14 bits per heavy atom. The van der Waals surface area contributed by atoms with Crippen molar-refractivity contribution in [2.45, 2.75) is 146 Å². The van der Waals surface area contributed by atoms with Crippen molar-refractivity contribution >= 4 is 47.6 Å². The first-order valence-electron chi connectivity index (χ1n) is 24.2. The smallest absolute Gasteiger partial charge is 0.321 e. The molecule has 64 heavy (non-hydrogen) atoms. The molecule has 1 fully saturated rings. The first kappa shape index (κ1) is 48.4. The van der Waals surface area contributed by atoms with Crippen LogP contribution < -0.4 is 16.0 Å². The summed E-state index contributed by atoms with van der Waals surface area (Å²) in [5, 5.41) is 5.66. The van der Waals surface area contributed by atoms with Crippen molar-refractivity contribution in [3.05, 3.63) is 96.5 Å². The zero-order valence-electron chi connectivity index (χ0n) is 40.8. The lowest BCUT2D eigenvalue weighted by atomic mass is 9.85. The minimum atomic E-state index is -1.14. The fourth-order valence-electron chi connectivity index (χ4n) is 10.4. The van der Waals surface area contributed by atoms with E-state index in [1.54, 1.807) is 0 Å². The number of hydrogen-bond donors (Lipinski definition) is 4. The van der Waals surface area contributed by atoms with Crippen LogP contribution in [0.5, 0.6) is 0 Å². The zero-order valence-corrected chi connectivity index (χ0v) is 40.8. The van der Waals surface area contributed by atoms with Gasteiger partial charge in [0.05, 0.1) is 12.8 Å². The van der Waals surface area contributed by atoms with Gasteiger partial charge in [-0.2, -0.15) is 0 Å². The van der Waals surface area contributed by atoms with Crippen molar-refractivity contribution in [1.29, 1.82) is 0 Å². The van der Waals surface area contributed by atoms with Crippen LogP contribution in [0.3, 0.4) is 0 Å². The minimum Gasteiger partial charge on any atom is -0.468 e. The second-order valence-electron chi connectivity index (χ2n) is 19.7. The summed E-state index contributed by atoms with van der Waals surface area (Å²) in [4.78, 5) is 52.4. The highest BCUT2D eigenvalue weighted by Crippen LogP contribution is 2.48. The molecule has 0 aromatic carbocycles. The molecule has 2 aliphatic heterocycles. The van der Waals surface area contributed by atoms with Crippen LogP contribution in [-0.4, -0.2) is 46.4 Å². The average molecular weight is 873 g/mol. The van der Waals surface area contributed by atoms with Gasteiger partial charge in [0, 0.05) is 74.1 Å². The molecule has 9 heteroatoms. The molecule has 3 aromatic heterocycles. The fourth-order valence-corrected chi connectivity index (χ4v) is 10.4. The number of nitrogens with one attached hydrogen (secondary N) is 4. The van der Waals surface area contributed by atoms with Gasteiger partial charge < -0.3 is 29.7 Å². The lowest BCUT2D eigenvalue weighted by molar-refractivity contribution is -0.143. The van der Waals surface area contributed by atoms with Crippen molar-refractivity contribution in [2.75, 3.05) is 13.7 Å². The molecule has 0 unspecified atom stereocenters. The van der Waals surface area contributed by atoms with Gasteiger partial charge in [-0.15, -0.1) is 0 Å². The third kappa shape index (κ3) is 10.6. The number of allylic oxidation sites excluding steroid dienone is 3. The number of esters is 2. The Morgan fingerprint density at radius 1 is 0.828 bits per heavy atom. The summed E-state index contributed by atoms with van der Waals surface area (Å²) in [5.41, 5.74) is 12.5. The number of methoxy groups -OCH3 is 1. The van der Waals surface area contributed by atoms with E-state index in [0.29, 0.717) is 23.3 Å². The van der Waals surface area contributed by atoms with Crippen molar-refractivity contribution < 1.29 is 23.9 Å². The van der Waals surface area contributed by atoms with Gasteiger partial charge in [-0.25, -0.2) is 0 Å². The molecule has 6 rings (SSSR count). The van der Waals surface area contributed by atoms with Gasteiger partial charge in [0.2, 0.25) is 0 Å². The second kappa shape index (κ2) is 21.3. The van der Waals surface area contributed by atoms with E-state index >= 15 is 0 Å². The number of aromatic nitrogens is 3. The summed E-state index contributed by atoms with van der Waals surface area (Å²) >= 11 is 0. The number of carbonyl (C=O) groups is 3. The Hall–Kier alpha value is -5.05. The summed E-state index contributed by atoms with van der Waals surface area (Å²) in [6.45, 7) is 26.4. The molecule has 9 nitrogen and oxygen atoms in total. The monoisotopic (exact) mass is 873 g/mol. The number of Topliss-reactive ketones (excluding diaryl/α,β-unsaturated/α-hetero) is 1. The van der Waals surface area contributed by atoms with Gasteiger partial charge in [0.1, 0.15) is 12.5 Å². The van der Waals surface area contributed by atoms with E-state index in [0.717, 1.165) is 98.4 Å². The van der Waals surface area contributed by atoms with Crippen LogP contribution in [0.4, 0.5) is 0 Å². The normalized spacial score (nSPS) is 22.0. The quantitative estimate of drug-likeness (QED) is 0.0508. The van der Waals surface area contributed by atoms with Gasteiger partial charge in [-0.1, -0.05) is 105 Å². The predicted molar refractivity (Wildman–Crippen MR) is 262 cm³/mol. The van der Waals surface area contributed by atoms with E-state index in [2.05, 4.69) is 107 Å². The van der Waals surface area contributed by atoms with Crippen LogP contribution in [0.15, 0.2) is 29.6 Å². The zero-order chi connectivity index (χ0) is 46.4. The largest absolute Gasteiger partial charge is 0.468 e. The molecule has 3 aromatic rings. The fraction of sp³-hybridized carbons (Fsp3) is 0.545. The lowest BCUT2D eigenvalue weighted by Gasteiger charge is -2.19. The Balaban J connectivity index is 1.21. The third-order valence-electron chi connectivity index (χ3n) is 14.6. The summed E-state index contributed by atoms with van der Waals surface area (Å²) in [6.07, 6.45) is 23.1. The molecule has 3 aliphatic rings. The number of rotatable bonds is 20. The Morgan fingerprint density at radius 2 is 1.48 bits per heavy atom. The Bertz CT molecular complexity index is 2450. The summed E-state index contributed by atoms with van der Waals surface area (Å²) in [6, 6.07) is 0. The molecule has 0 spiro atoms. The summed E-state index contributed by atoms with van der Waals surface area (Å²) in [5.74, 6) is -0.275. The van der Waals surface area contributed by atoms with Gasteiger partial charge in [-0.3, -0.25) is 14.4 Å². The first-order valence-corrected chi connectivity index (χ1v) is 24.2. The predicted octanol–water partition coefficient (Wildman–Crippen LogP) is 11.1. The van der Waals surface area contributed by atoms with Crippen molar-refractivity contribution in [1.82, 2.24) is 20.3 Å². The second-order valence-corrected chi connectivity index (χ2v) is 19.7. The van der Waals surface area contributed by atoms with E-state index in [1.807, 2.05) is 19.1 Å². The third-order valence-corrected chi connectivity index (χ3v) is 14.6. The van der Waals surface area contributed by atoms with Crippen LogP contribution in [0.25, 0.3) is 29.9 Å². The molecular formula is C55H76N4O5. The number of carbonyl (C=O) groups excluding carboxylic acids is 3. The highest BCUT2D eigenvalue weighted by atomic mass is 16.5. The molecule has 8 bridgehead atoms. The van der Waals surface area contributed by atoms with Crippen molar-refractivity contribution in [2.24, 2.45) is 35.5 Å². The van der Waals surface area contributed by atoms with Gasteiger partial charge >= 0.3 is 11.9 Å². The molecule has 5 heterocycles. The maximum absolute atomic E-state index is 14.4. The number of ether oxygens (including phenoxy) is 2. The molecule has 4 N–H and O–H groups in total. The van der Waals surface area contributed by atoms with Crippen molar-refractivity contribution in [3.63, 3.8) is 0 Å². The standard InChI is InChI=1S/C55H76N4O5/c1-13-39-35(8)42-28-44-37(10)41(24-25-48(60)64-27-26-34(7)23-17-22-33(6)21-16-20-32(5)19-15-18-31(3)4)52(58-44)50-51(55(62)63-12)54(61)49-38(11)45(59-53(49)50)30-47-40(14-2)36(9)43(57-47)29-46(39)56-42/h13,26,28-33,37,41,51,56-59H,1,14-25,27H2,2-12H3/b34-26+,43-29-,44-28-,47-30-,52-50-/t32-,33+,37-,41-,51+/m0/s1. The topological polar surface area (TPSA) is 129 Å². The Labute approximate surface area is 382 Å². The number of aromatic amines is 3. The highest BCUT2D eigenvalue weighted by Gasteiger charge is 2.48. The van der Waals surface area contributed by atoms with Gasteiger partial charge in [-0.05, 0) is 118 Å². The van der Waals surface area contributed by atoms with E-state index in [1.165, 1.54) is 63.2 Å². The number of fused-ring (bicyclic) bond motifs is 7. The van der Waals surface area contributed by atoms with Crippen LogP contribution in [-0.2, 0) is 25.5 Å². The van der Waals surface area contributed by atoms with Crippen LogP contribution in [0.2, 0.25) is 0 Å². The maximum atomic E-state index is 14.4. The van der Waals surface area contributed by atoms with Crippen molar-refractivity contribution in [3.8, 4) is 0 Å². The molecule has 5 atom stereocenters. The van der Waals surface area contributed by atoms with Crippen LogP contribution >= 0.6 is 0 Å². The Kier molecular flexibility index (Phi) is 16.1. The SMILES string of the molecule is C=Cc1c2[nH]c(c1C)/C=C1\N/C(=C3\c4[nH]c(c(C)c4C(=O)[C@@H]3C(=O)OC)/C=c3\[nH]/c(c(C)c3CC)=C\2)[C@@H](CCC(=O)OC/C=C(\C)CCC[C@H](C)CCC[C@@H](C)CCCC(C)C)[C@@H]1C. The lowest BCUT2D eigenvalue weighted by Crippen LogP contribution is -2.25. The molecule has 1 saturated heterocycles. The average Bonchev–Trinajstić information content (AvgIpc) is 3.99. The van der Waals surface area contributed by atoms with Gasteiger partial charge in [0.25, 0.3) is 0 Å². The molecule has 0 amide bonds. The maximum Gasteiger partial charge on any atom is 0.321 e. The molecule has 346 valence electrons. The summed E-state index contributed by atoms with van der Waals surface area (Å²) in [7, 11) is 1.32. The van der Waals surface area contributed by atoms with E-state index in [-0.39, 0.29) is 36.6 Å². The van der Waals surface area contributed by atoms with E-state index in [9.17, 15) is 14.4 Å². The number of hydrogen-bond acceptors (Lipinski definition) is 6. The van der Waals surface area contributed by atoms with Gasteiger partial charge in [0.15, 0.2) is 5.78 Å². The first-order chi connectivity index (χ1) is 30.6.